The first-order chi connectivity index (χ1) is 5.83. The van der Waals surface area contributed by atoms with E-state index in [-0.39, 0.29) is 0 Å². The number of halogens is 1. The van der Waals surface area contributed by atoms with Crippen LogP contribution in [0.25, 0.3) is 0 Å². The van der Waals surface area contributed by atoms with Gasteiger partial charge in [0.1, 0.15) is 5.76 Å². The lowest BCUT2D eigenvalue weighted by Gasteiger charge is -1.96. The van der Waals surface area contributed by atoms with Crippen LogP contribution < -0.4 is 5.32 Å². The van der Waals surface area contributed by atoms with Gasteiger partial charge in [-0.05, 0) is 28.1 Å². The zero-order valence-corrected chi connectivity index (χ0v) is 8.10. The summed E-state index contributed by atoms with van der Waals surface area (Å²) in [5.41, 5.74) is 0. The van der Waals surface area contributed by atoms with Crippen molar-refractivity contribution in [2.75, 3.05) is 6.54 Å². The van der Waals surface area contributed by atoms with Gasteiger partial charge in [0, 0.05) is 13.0 Å². The highest BCUT2D eigenvalue weighted by Gasteiger charge is 1.97. The Hall–Kier alpha value is -0.790. The van der Waals surface area contributed by atoms with Gasteiger partial charge in [-0.3, -0.25) is 0 Å². The van der Waals surface area contributed by atoms with Crippen molar-refractivity contribution in [1.29, 1.82) is 5.26 Å². The van der Waals surface area contributed by atoms with E-state index < -0.39 is 0 Å². The molecule has 0 atom stereocenters. The van der Waals surface area contributed by atoms with E-state index in [1.165, 1.54) is 0 Å². The normalized spacial score (nSPS) is 9.67. The topological polar surface area (TPSA) is 49.0 Å². The molecule has 0 aliphatic carbocycles. The summed E-state index contributed by atoms with van der Waals surface area (Å²) in [5, 5.41) is 11.3. The molecule has 0 unspecified atom stereocenters. The lowest BCUT2D eigenvalue weighted by Crippen LogP contribution is -2.13. The van der Waals surface area contributed by atoms with E-state index >= 15 is 0 Å². The predicted octanol–water partition coefficient (Wildman–Crippen LogP) is 2.05. The maximum Gasteiger partial charge on any atom is 0.169 e. The molecule has 0 aliphatic heterocycles. The molecule has 1 heterocycles. The van der Waals surface area contributed by atoms with Crippen molar-refractivity contribution in [2.24, 2.45) is 0 Å². The van der Waals surface area contributed by atoms with Crippen molar-refractivity contribution >= 4 is 15.9 Å². The van der Waals surface area contributed by atoms with Crippen molar-refractivity contribution in [1.82, 2.24) is 5.32 Å². The highest BCUT2D eigenvalue weighted by atomic mass is 79.9. The van der Waals surface area contributed by atoms with Crippen LogP contribution in [0.1, 0.15) is 12.2 Å². The number of rotatable bonds is 4. The van der Waals surface area contributed by atoms with Gasteiger partial charge in [-0.2, -0.15) is 5.26 Å². The van der Waals surface area contributed by atoms with E-state index in [2.05, 4.69) is 27.3 Å². The fraction of sp³-hybridized carbons (Fsp3) is 0.375. The Labute approximate surface area is 79.5 Å². The summed E-state index contributed by atoms with van der Waals surface area (Å²) in [4.78, 5) is 0. The number of nitrogens with zero attached hydrogens (tertiary/aromatic N) is 1. The molecular formula is C8H9BrN2O. The minimum absolute atomic E-state index is 0.530. The first kappa shape index (κ1) is 9.30. The summed E-state index contributed by atoms with van der Waals surface area (Å²) in [5.74, 6) is 0.875. The maximum absolute atomic E-state index is 8.25. The number of hydrogen-bond donors (Lipinski definition) is 1. The molecule has 3 nitrogen and oxygen atoms in total. The molecule has 12 heavy (non-hydrogen) atoms. The molecule has 1 aromatic heterocycles. The van der Waals surface area contributed by atoms with Gasteiger partial charge in [-0.25, -0.2) is 0 Å². The number of nitrogens with one attached hydrogen (secondary N) is 1. The smallest absolute Gasteiger partial charge is 0.169 e. The highest BCUT2D eigenvalue weighted by Crippen LogP contribution is 2.13. The second-order valence-electron chi connectivity index (χ2n) is 2.29. The average Bonchev–Trinajstić information content (AvgIpc) is 2.45. The van der Waals surface area contributed by atoms with E-state index in [9.17, 15) is 0 Å². The standard InChI is InChI=1S/C8H9BrN2O/c9-8-3-2-7(12-8)6-11-5-1-4-10/h2-3,11H,1,5-6H2. The minimum Gasteiger partial charge on any atom is -0.453 e. The maximum atomic E-state index is 8.25. The molecule has 64 valence electrons. The molecule has 0 saturated heterocycles. The Morgan fingerprint density at radius 1 is 1.58 bits per heavy atom. The van der Waals surface area contributed by atoms with E-state index in [1.54, 1.807) is 0 Å². The Bertz CT molecular complexity index is 277. The van der Waals surface area contributed by atoms with Crippen LogP contribution in [0.2, 0.25) is 0 Å². The van der Waals surface area contributed by atoms with E-state index in [4.69, 9.17) is 9.68 Å². The SMILES string of the molecule is N#CCCNCc1ccc(Br)o1. The first-order valence-corrected chi connectivity index (χ1v) is 4.44. The van der Waals surface area contributed by atoms with Gasteiger partial charge in [0.05, 0.1) is 12.6 Å². The molecule has 0 aliphatic rings. The Kier molecular flexibility index (Phi) is 3.85. The zero-order valence-electron chi connectivity index (χ0n) is 6.51. The number of nitriles is 1. The van der Waals surface area contributed by atoms with Gasteiger partial charge in [-0.15, -0.1) is 0 Å². The third-order valence-corrected chi connectivity index (χ3v) is 1.77. The largest absolute Gasteiger partial charge is 0.453 e. The van der Waals surface area contributed by atoms with E-state index in [0.717, 1.165) is 10.4 Å². The molecule has 1 N–H and O–H groups in total. The Balaban J connectivity index is 2.21. The average molecular weight is 229 g/mol. The quantitative estimate of drug-likeness (QED) is 0.803. The Morgan fingerprint density at radius 2 is 2.42 bits per heavy atom. The van der Waals surface area contributed by atoms with Gasteiger partial charge in [0.2, 0.25) is 0 Å². The van der Waals surface area contributed by atoms with Crippen LogP contribution in [-0.2, 0) is 6.54 Å². The predicted molar refractivity (Wildman–Crippen MR) is 48.3 cm³/mol. The molecular weight excluding hydrogens is 220 g/mol. The lowest BCUT2D eigenvalue weighted by molar-refractivity contribution is 0.467. The molecule has 0 amide bonds. The molecule has 0 fully saturated rings. The molecule has 0 spiro atoms. The van der Waals surface area contributed by atoms with Crippen molar-refractivity contribution in [3.8, 4) is 6.07 Å². The van der Waals surface area contributed by atoms with Gasteiger partial charge >= 0.3 is 0 Å². The van der Waals surface area contributed by atoms with Crippen LogP contribution in [0.4, 0.5) is 0 Å². The Morgan fingerprint density at radius 3 is 3.00 bits per heavy atom. The summed E-state index contributed by atoms with van der Waals surface area (Å²) in [6, 6.07) is 5.80. The fourth-order valence-electron chi connectivity index (χ4n) is 0.803. The van der Waals surface area contributed by atoms with Crippen molar-refractivity contribution < 1.29 is 4.42 Å². The monoisotopic (exact) mass is 228 g/mol. The summed E-state index contributed by atoms with van der Waals surface area (Å²) in [6.07, 6.45) is 0.530. The second-order valence-corrected chi connectivity index (χ2v) is 3.07. The van der Waals surface area contributed by atoms with Crippen LogP contribution in [-0.4, -0.2) is 6.54 Å². The van der Waals surface area contributed by atoms with Crippen molar-refractivity contribution in [2.45, 2.75) is 13.0 Å². The number of furan rings is 1. The van der Waals surface area contributed by atoms with Crippen molar-refractivity contribution in [3.05, 3.63) is 22.6 Å². The third-order valence-electron chi connectivity index (χ3n) is 1.34. The molecule has 0 bridgehead atoms. The van der Waals surface area contributed by atoms with Crippen LogP contribution >= 0.6 is 15.9 Å². The zero-order chi connectivity index (χ0) is 8.81. The summed E-state index contributed by atoms with van der Waals surface area (Å²) in [6.45, 7) is 1.38. The van der Waals surface area contributed by atoms with E-state index in [1.807, 2.05) is 12.1 Å². The van der Waals surface area contributed by atoms with Crippen LogP contribution in [0.5, 0.6) is 0 Å². The van der Waals surface area contributed by atoms with Crippen LogP contribution in [0, 0.1) is 11.3 Å². The minimum atomic E-state index is 0.530. The van der Waals surface area contributed by atoms with Gasteiger partial charge < -0.3 is 9.73 Å². The van der Waals surface area contributed by atoms with Gasteiger partial charge in [0.15, 0.2) is 4.67 Å². The second kappa shape index (κ2) is 4.96. The van der Waals surface area contributed by atoms with Crippen molar-refractivity contribution in [3.63, 3.8) is 0 Å². The lowest BCUT2D eigenvalue weighted by atomic mass is 10.4. The molecule has 1 rings (SSSR count). The van der Waals surface area contributed by atoms with Gasteiger partial charge in [0.25, 0.3) is 0 Å². The fourth-order valence-corrected chi connectivity index (χ4v) is 1.14. The molecule has 0 aromatic carbocycles. The number of hydrogen-bond acceptors (Lipinski definition) is 3. The molecule has 0 saturated carbocycles. The molecule has 1 aromatic rings. The highest BCUT2D eigenvalue weighted by molar-refractivity contribution is 9.10. The van der Waals surface area contributed by atoms with E-state index in [0.29, 0.717) is 19.5 Å². The summed E-state index contributed by atoms with van der Waals surface area (Å²) >= 11 is 3.21. The van der Waals surface area contributed by atoms with Gasteiger partial charge in [-0.1, -0.05) is 0 Å². The first-order valence-electron chi connectivity index (χ1n) is 3.65. The summed E-state index contributed by atoms with van der Waals surface area (Å²) in [7, 11) is 0. The third kappa shape index (κ3) is 3.07. The molecule has 0 radical (unpaired) electrons. The summed E-state index contributed by atoms with van der Waals surface area (Å²) < 4.78 is 5.97. The molecule has 4 heteroatoms. The van der Waals surface area contributed by atoms with Crippen LogP contribution in [0.15, 0.2) is 21.2 Å². The van der Waals surface area contributed by atoms with Crippen LogP contribution in [0.3, 0.4) is 0 Å².